The number of hydrogen-bond donors (Lipinski definition) is 1. The molecule has 3 rings (SSSR count). The van der Waals surface area contributed by atoms with Gasteiger partial charge in [0, 0.05) is 25.3 Å². The smallest absolute Gasteiger partial charge is 0.273 e. The van der Waals surface area contributed by atoms with Crippen molar-refractivity contribution in [3.8, 4) is 17.1 Å². The summed E-state index contributed by atoms with van der Waals surface area (Å²) in [6, 6.07) is 4.88. The minimum Gasteiger partial charge on any atom is -0.488 e. The van der Waals surface area contributed by atoms with Gasteiger partial charge < -0.3 is 23.9 Å². The second kappa shape index (κ2) is 13.9. The van der Waals surface area contributed by atoms with Gasteiger partial charge >= 0.3 is 0 Å². The van der Waals surface area contributed by atoms with Crippen LogP contribution >= 0.6 is 23.7 Å². The van der Waals surface area contributed by atoms with Gasteiger partial charge in [-0.25, -0.2) is 9.97 Å². The Morgan fingerprint density at radius 2 is 2.26 bits per heavy atom. The van der Waals surface area contributed by atoms with Gasteiger partial charge in [-0.15, -0.1) is 0 Å². The number of benzene rings is 1. The number of amides is 1. The van der Waals surface area contributed by atoms with Crippen LogP contribution in [0.2, 0.25) is 5.02 Å². The van der Waals surface area contributed by atoms with Gasteiger partial charge in [0.15, 0.2) is 23.3 Å². The first-order valence-corrected chi connectivity index (χ1v) is 11.7. The Kier molecular flexibility index (Phi) is 10.6. The summed E-state index contributed by atoms with van der Waals surface area (Å²) < 4.78 is 36.3. The van der Waals surface area contributed by atoms with Gasteiger partial charge in [-0.1, -0.05) is 11.6 Å². The summed E-state index contributed by atoms with van der Waals surface area (Å²) in [6.07, 6.45) is 4.94. The third kappa shape index (κ3) is 7.69. The second-order valence-electron chi connectivity index (χ2n) is 6.84. The van der Waals surface area contributed by atoms with E-state index in [-0.39, 0.29) is 47.7 Å². The summed E-state index contributed by atoms with van der Waals surface area (Å²) in [5.41, 5.74) is -0.126. The van der Waals surface area contributed by atoms with Crippen LogP contribution in [0.1, 0.15) is 23.8 Å². The molecule has 1 unspecified atom stereocenters. The third-order valence-electron chi connectivity index (χ3n) is 4.50. The molecule has 1 amide bonds. The van der Waals surface area contributed by atoms with E-state index in [4.69, 9.17) is 30.2 Å². The van der Waals surface area contributed by atoms with Crippen LogP contribution in [-0.4, -0.2) is 64.1 Å². The lowest BCUT2D eigenvalue weighted by atomic mass is 10.1. The average molecular weight is 514 g/mol. The largest absolute Gasteiger partial charge is 0.488 e. The molecule has 2 heterocycles. The van der Waals surface area contributed by atoms with E-state index in [2.05, 4.69) is 20.4 Å². The molecule has 1 atom stereocenters. The van der Waals surface area contributed by atoms with E-state index >= 15 is 0 Å². The van der Waals surface area contributed by atoms with Crippen molar-refractivity contribution in [3.63, 3.8) is 0 Å². The maximum Gasteiger partial charge on any atom is 0.273 e. The molecule has 0 saturated heterocycles. The summed E-state index contributed by atoms with van der Waals surface area (Å²) in [4.78, 5) is 20.5. The van der Waals surface area contributed by atoms with E-state index in [1.165, 1.54) is 12.7 Å². The predicted molar refractivity (Wildman–Crippen MR) is 124 cm³/mol. The quantitative estimate of drug-likeness (QED) is 0.239. The van der Waals surface area contributed by atoms with E-state index < -0.39 is 5.44 Å². The zero-order chi connectivity index (χ0) is 24.2. The van der Waals surface area contributed by atoms with Crippen LogP contribution in [0, 0.1) is 0 Å². The van der Waals surface area contributed by atoms with Gasteiger partial charge in [-0.3, -0.25) is 9.48 Å². The Morgan fingerprint density at radius 3 is 3.00 bits per heavy atom. The maximum atomic E-state index is 13.1. The molecule has 1 N–H and O–H groups in total. The molecular weight excluding hydrogens is 489 g/mol. The fourth-order valence-electron chi connectivity index (χ4n) is 2.89. The Labute approximate surface area is 205 Å². The number of aromatic nitrogens is 4. The second-order valence-corrected chi connectivity index (χ2v) is 7.95. The van der Waals surface area contributed by atoms with Crippen LogP contribution in [0.25, 0.3) is 11.3 Å². The van der Waals surface area contributed by atoms with Crippen LogP contribution in [0.15, 0.2) is 41.7 Å². The Bertz CT molecular complexity index is 1020. The van der Waals surface area contributed by atoms with Gasteiger partial charge in [-0.2, -0.15) is 8.98 Å². The highest BCUT2D eigenvalue weighted by molar-refractivity contribution is 7.94. The molecule has 3 aromatic rings. The lowest BCUT2D eigenvalue weighted by Crippen LogP contribution is -2.26. The highest BCUT2D eigenvalue weighted by Gasteiger charge is 2.19. The number of oxazole rings is 1. The molecule has 0 aliphatic carbocycles. The zero-order valence-electron chi connectivity index (χ0n) is 18.5. The van der Waals surface area contributed by atoms with Gasteiger partial charge in [0.05, 0.1) is 30.4 Å². The minimum absolute atomic E-state index is 0.0447. The zero-order valence-corrected chi connectivity index (χ0v) is 20.1. The Morgan fingerprint density at radius 1 is 1.38 bits per heavy atom. The molecule has 13 heteroatoms. The molecule has 2 aromatic heterocycles. The van der Waals surface area contributed by atoms with Crippen molar-refractivity contribution in [1.29, 1.82) is 0 Å². The molecule has 34 heavy (non-hydrogen) atoms. The number of ether oxygens (including phenoxy) is 3. The number of nitrogens with zero attached hydrogens (tertiary/aromatic N) is 4. The summed E-state index contributed by atoms with van der Waals surface area (Å²) in [5, 5.41) is 7.09. The molecule has 0 bridgehead atoms. The normalized spacial score (nSPS) is 12.0. The standard InChI is InChI=1S/C21H25ClFN5O5S/c1-2-30-8-9-31-18(34-23)11-32-17-5-4-15(10-16(17)22)20-19(26-14-33-20)21(29)25-6-3-7-28-13-24-12-27-28/h4-5,10,12-14,18H,2-3,6-9,11H2,1H3,(H,25,29). The highest BCUT2D eigenvalue weighted by atomic mass is 35.5. The molecule has 0 aliphatic rings. The fraction of sp³-hybridized carbons (Fsp3) is 0.429. The van der Waals surface area contributed by atoms with Crippen molar-refractivity contribution in [3.05, 3.63) is 48.0 Å². The topological polar surface area (TPSA) is 114 Å². The summed E-state index contributed by atoms with van der Waals surface area (Å²) in [6.45, 7) is 4.07. The number of carbonyl (C=O) groups is 1. The minimum atomic E-state index is -0.815. The van der Waals surface area contributed by atoms with E-state index in [0.717, 1.165) is 0 Å². The van der Waals surface area contributed by atoms with Gasteiger partial charge in [0.25, 0.3) is 5.91 Å². The number of halogens is 2. The van der Waals surface area contributed by atoms with Crippen LogP contribution < -0.4 is 10.1 Å². The SMILES string of the molecule is CCOCCOC(COc1ccc(-c2ocnc2C(=O)NCCCn2cncn2)cc1Cl)SF. The predicted octanol–water partition coefficient (Wildman–Crippen LogP) is 3.78. The summed E-state index contributed by atoms with van der Waals surface area (Å²) >= 11 is 6.38. The maximum absolute atomic E-state index is 13.1. The molecule has 0 spiro atoms. The fourth-order valence-corrected chi connectivity index (χ4v) is 3.39. The van der Waals surface area contributed by atoms with Crippen molar-refractivity contribution < 1.29 is 27.3 Å². The lowest BCUT2D eigenvalue weighted by Gasteiger charge is -2.15. The van der Waals surface area contributed by atoms with Gasteiger partial charge in [0.2, 0.25) is 0 Å². The van der Waals surface area contributed by atoms with Crippen LogP contribution in [-0.2, 0) is 16.0 Å². The molecular formula is C21H25ClFN5O5S. The third-order valence-corrected chi connectivity index (χ3v) is 5.27. The van der Waals surface area contributed by atoms with Crippen LogP contribution in [0.3, 0.4) is 0 Å². The number of rotatable bonds is 15. The van der Waals surface area contributed by atoms with Crippen LogP contribution in [0.5, 0.6) is 5.75 Å². The van der Waals surface area contributed by atoms with Crippen LogP contribution in [0.4, 0.5) is 3.89 Å². The van der Waals surface area contributed by atoms with E-state index in [9.17, 15) is 8.68 Å². The number of carbonyl (C=O) groups excluding carboxylic acids is 1. The number of hydrogen-bond acceptors (Lipinski definition) is 9. The molecule has 0 fully saturated rings. The Hall–Kier alpha value is -2.67. The molecule has 184 valence electrons. The van der Waals surface area contributed by atoms with Crippen molar-refractivity contribution in [1.82, 2.24) is 25.1 Å². The van der Waals surface area contributed by atoms with E-state index in [1.807, 2.05) is 6.92 Å². The average Bonchev–Trinajstić information content (AvgIpc) is 3.54. The van der Waals surface area contributed by atoms with Gasteiger partial charge in [0.1, 0.15) is 25.0 Å². The molecule has 0 aliphatic heterocycles. The lowest BCUT2D eigenvalue weighted by molar-refractivity contribution is 0.0251. The number of aryl methyl sites for hydroxylation is 1. The highest BCUT2D eigenvalue weighted by Crippen LogP contribution is 2.32. The van der Waals surface area contributed by atoms with Crippen molar-refractivity contribution in [2.75, 3.05) is 33.0 Å². The molecule has 1 aromatic carbocycles. The molecule has 0 radical (unpaired) electrons. The first-order valence-electron chi connectivity index (χ1n) is 10.6. The van der Waals surface area contributed by atoms with Gasteiger partial charge in [-0.05, 0) is 31.5 Å². The molecule has 0 saturated carbocycles. The van der Waals surface area contributed by atoms with E-state index in [1.54, 1.807) is 29.2 Å². The van der Waals surface area contributed by atoms with Crippen molar-refractivity contribution in [2.24, 2.45) is 0 Å². The number of nitrogens with one attached hydrogen (secondary N) is 1. The van der Waals surface area contributed by atoms with E-state index in [0.29, 0.717) is 44.0 Å². The summed E-state index contributed by atoms with van der Waals surface area (Å²) in [7, 11) is 0. The molecule has 10 nitrogen and oxygen atoms in total. The van der Waals surface area contributed by atoms with Crippen molar-refractivity contribution in [2.45, 2.75) is 25.3 Å². The first-order chi connectivity index (χ1) is 16.6. The first kappa shape index (κ1) is 25.9. The Balaban J connectivity index is 1.54. The summed E-state index contributed by atoms with van der Waals surface area (Å²) in [5.74, 6) is 0.251. The van der Waals surface area contributed by atoms with Crippen molar-refractivity contribution >= 4 is 29.7 Å². The monoisotopic (exact) mass is 513 g/mol.